The molecule has 0 spiro atoms. The van der Waals surface area contributed by atoms with Crippen molar-refractivity contribution in [3.63, 3.8) is 0 Å². The molecule has 1 saturated heterocycles. The predicted molar refractivity (Wildman–Crippen MR) is 93.7 cm³/mol. The number of carbonyl (C=O) groups is 1. The first-order chi connectivity index (χ1) is 12.4. The van der Waals surface area contributed by atoms with Crippen LogP contribution in [0.25, 0.3) is 0 Å². The minimum atomic E-state index is -4.48. The van der Waals surface area contributed by atoms with Gasteiger partial charge in [-0.05, 0) is 18.2 Å². The average Bonchev–Trinajstić information content (AvgIpc) is 3.13. The van der Waals surface area contributed by atoms with Gasteiger partial charge in [-0.1, -0.05) is 23.1 Å². The molecular weight excluding hydrogens is 389 g/mol. The number of nitrogens with zero attached hydrogens (tertiary/aromatic N) is 3. The highest BCUT2D eigenvalue weighted by molar-refractivity contribution is 8.01. The number of benzene rings is 1. The molecule has 11 heteroatoms. The molecule has 140 valence electrons. The number of aromatic nitrogens is 2. The van der Waals surface area contributed by atoms with Gasteiger partial charge in [0.25, 0.3) is 0 Å². The van der Waals surface area contributed by atoms with Crippen LogP contribution in [0.2, 0.25) is 0 Å². The molecule has 0 radical (unpaired) electrons. The Morgan fingerprint density at radius 2 is 2.12 bits per heavy atom. The van der Waals surface area contributed by atoms with Crippen molar-refractivity contribution in [2.45, 2.75) is 10.5 Å². The largest absolute Gasteiger partial charge is 0.416 e. The van der Waals surface area contributed by atoms with Crippen molar-refractivity contribution in [3.05, 3.63) is 29.3 Å². The molecule has 2 aromatic rings. The van der Waals surface area contributed by atoms with E-state index in [9.17, 15) is 18.0 Å². The first-order valence-corrected chi connectivity index (χ1v) is 9.53. The minimum absolute atomic E-state index is 0.0357. The number of morpholine rings is 1. The van der Waals surface area contributed by atoms with Crippen molar-refractivity contribution in [3.8, 4) is 0 Å². The van der Waals surface area contributed by atoms with Crippen molar-refractivity contribution < 1.29 is 22.7 Å². The molecule has 1 aromatic heterocycles. The Labute approximate surface area is 155 Å². The van der Waals surface area contributed by atoms with E-state index >= 15 is 0 Å². The third-order valence-electron chi connectivity index (χ3n) is 3.62. The number of thioether (sulfide) groups is 1. The molecule has 1 amide bonds. The van der Waals surface area contributed by atoms with Gasteiger partial charge in [0.15, 0.2) is 4.34 Å². The molecular formula is C15H15F3N4O2S2. The van der Waals surface area contributed by atoms with Crippen LogP contribution in [0, 0.1) is 0 Å². The number of halogens is 3. The summed E-state index contributed by atoms with van der Waals surface area (Å²) >= 11 is 2.48. The highest BCUT2D eigenvalue weighted by atomic mass is 32.2. The lowest BCUT2D eigenvalue weighted by atomic mass is 10.1. The maximum absolute atomic E-state index is 13.0. The van der Waals surface area contributed by atoms with E-state index in [1.165, 1.54) is 29.2 Å². The second-order valence-electron chi connectivity index (χ2n) is 5.37. The van der Waals surface area contributed by atoms with Gasteiger partial charge in [0.2, 0.25) is 5.91 Å². The fraction of sp³-hybridized carbons (Fsp3) is 0.400. The van der Waals surface area contributed by atoms with Gasteiger partial charge in [-0.25, -0.2) is 0 Å². The summed E-state index contributed by atoms with van der Waals surface area (Å²) in [5, 5.41) is 10.1. The molecule has 1 fully saturated rings. The summed E-state index contributed by atoms with van der Waals surface area (Å²) in [5.41, 5.74) is 1.44. The van der Waals surface area contributed by atoms with Gasteiger partial charge < -0.3 is 15.0 Å². The molecule has 0 bridgehead atoms. The second-order valence-corrected chi connectivity index (χ2v) is 7.43. The van der Waals surface area contributed by atoms with Gasteiger partial charge in [-0.3, -0.25) is 4.79 Å². The van der Waals surface area contributed by atoms with Gasteiger partial charge in [-0.2, -0.15) is 13.2 Å². The minimum Gasteiger partial charge on any atom is -0.378 e. The topological polar surface area (TPSA) is 67.4 Å². The number of ether oxygens (including phenoxy) is 1. The zero-order valence-corrected chi connectivity index (χ0v) is 15.1. The van der Waals surface area contributed by atoms with Crippen LogP contribution in [0.15, 0.2) is 28.0 Å². The van der Waals surface area contributed by atoms with Crippen molar-refractivity contribution in [1.82, 2.24) is 10.2 Å². The smallest absolute Gasteiger partial charge is 0.378 e. The lowest BCUT2D eigenvalue weighted by molar-refractivity contribution is -0.137. The highest BCUT2D eigenvalue weighted by Gasteiger charge is 2.32. The summed E-state index contributed by atoms with van der Waals surface area (Å²) < 4.78 is 45.0. The number of nitrogens with one attached hydrogen (secondary N) is 1. The number of hydrogen-bond acceptors (Lipinski definition) is 7. The quantitative estimate of drug-likeness (QED) is 0.773. The maximum atomic E-state index is 13.0. The van der Waals surface area contributed by atoms with Crippen molar-refractivity contribution in [2.24, 2.45) is 0 Å². The van der Waals surface area contributed by atoms with E-state index in [2.05, 4.69) is 15.5 Å². The Morgan fingerprint density at radius 3 is 2.77 bits per heavy atom. The molecule has 1 aliphatic rings. The predicted octanol–water partition coefficient (Wildman–Crippen LogP) is 3.12. The summed E-state index contributed by atoms with van der Waals surface area (Å²) in [6.45, 7) is 2.07. The maximum Gasteiger partial charge on any atom is 0.416 e. The van der Waals surface area contributed by atoms with Gasteiger partial charge in [-0.15, -0.1) is 10.2 Å². The van der Waals surface area contributed by atoms with E-state index in [1.807, 2.05) is 4.90 Å². The van der Waals surface area contributed by atoms with Crippen LogP contribution in [0.4, 0.5) is 24.5 Å². The molecule has 2 heterocycles. The van der Waals surface area contributed by atoms with E-state index in [-0.39, 0.29) is 11.4 Å². The molecule has 1 aliphatic heterocycles. The van der Waals surface area contributed by atoms with Crippen LogP contribution >= 0.6 is 23.1 Å². The van der Waals surface area contributed by atoms with E-state index in [0.29, 0.717) is 36.3 Å². The number of carbonyl (C=O) groups excluding carboxylic acids is 1. The number of rotatable bonds is 5. The molecule has 0 unspecified atom stereocenters. The van der Waals surface area contributed by atoms with Crippen molar-refractivity contribution in [2.75, 3.05) is 42.3 Å². The molecule has 3 rings (SSSR count). The summed E-state index contributed by atoms with van der Waals surface area (Å²) in [4.78, 5) is 14.1. The standard InChI is InChI=1S/C15H15F3N4O2S2/c16-15(17,18)10-1-2-12(22-3-5-24-6-4-22)11(7-10)20-13(23)8-25-14-21-19-9-26-14/h1-2,7,9H,3-6,8H2,(H,20,23). The van der Waals surface area contributed by atoms with Gasteiger partial charge in [0.05, 0.1) is 35.9 Å². The van der Waals surface area contributed by atoms with E-state index < -0.39 is 17.6 Å². The number of anilines is 2. The number of alkyl halides is 3. The summed E-state index contributed by atoms with van der Waals surface area (Å²) in [7, 11) is 0. The fourth-order valence-corrected chi connectivity index (χ4v) is 3.72. The molecule has 1 N–H and O–H groups in total. The van der Waals surface area contributed by atoms with Crippen molar-refractivity contribution in [1.29, 1.82) is 0 Å². The van der Waals surface area contributed by atoms with Crippen molar-refractivity contribution >= 4 is 40.4 Å². The molecule has 0 atom stereocenters. The number of hydrogen-bond donors (Lipinski definition) is 1. The van der Waals surface area contributed by atoms with Crippen LogP contribution in [0.3, 0.4) is 0 Å². The molecule has 26 heavy (non-hydrogen) atoms. The van der Waals surface area contributed by atoms with Crippen LogP contribution < -0.4 is 10.2 Å². The van der Waals surface area contributed by atoms with Gasteiger partial charge in [0.1, 0.15) is 5.51 Å². The summed E-state index contributed by atoms with van der Waals surface area (Å²) in [6, 6.07) is 3.39. The molecule has 1 aromatic carbocycles. The number of amides is 1. The highest BCUT2D eigenvalue weighted by Crippen LogP contribution is 2.36. The summed E-state index contributed by atoms with van der Waals surface area (Å²) in [5.74, 6) is -0.368. The Balaban J connectivity index is 1.78. The van der Waals surface area contributed by atoms with E-state index in [1.54, 1.807) is 5.51 Å². The lowest BCUT2D eigenvalue weighted by Gasteiger charge is -2.31. The first-order valence-electron chi connectivity index (χ1n) is 7.66. The van der Waals surface area contributed by atoms with Crippen LogP contribution in [-0.2, 0) is 15.7 Å². The molecule has 6 nitrogen and oxygen atoms in total. The molecule has 0 saturated carbocycles. The third kappa shape index (κ3) is 4.86. The zero-order chi connectivity index (χ0) is 18.6. The van der Waals surface area contributed by atoms with Gasteiger partial charge >= 0.3 is 6.18 Å². The van der Waals surface area contributed by atoms with Crippen LogP contribution in [0.5, 0.6) is 0 Å². The first kappa shape index (κ1) is 18.9. The Hall–Kier alpha value is -1.85. The third-order valence-corrected chi connectivity index (χ3v) is 5.48. The Bertz CT molecular complexity index is 750. The normalized spacial score (nSPS) is 15.1. The van der Waals surface area contributed by atoms with Gasteiger partial charge in [0, 0.05) is 13.1 Å². The fourth-order valence-electron chi connectivity index (χ4n) is 2.43. The monoisotopic (exact) mass is 404 g/mol. The van der Waals surface area contributed by atoms with Crippen LogP contribution in [0.1, 0.15) is 5.56 Å². The Kier molecular flexibility index (Phi) is 5.99. The Morgan fingerprint density at radius 1 is 1.35 bits per heavy atom. The lowest BCUT2D eigenvalue weighted by Crippen LogP contribution is -2.37. The average molecular weight is 404 g/mol. The molecule has 0 aliphatic carbocycles. The second kappa shape index (κ2) is 8.23. The van der Waals surface area contributed by atoms with Crippen LogP contribution in [-0.4, -0.2) is 48.2 Å². The SMILES string of the molecule is O=C(CSc1nncs1)Nc1cc(C(F)(F)F)ccc1N1CCOCC1. The summed E-state index contributed by atoms with van der Waals surface area (Å²) in [6.07, 6.45) is -4.48. The zero-order valence-electron chi connectivity index (χ0n) is 13.5. The van der Waals surface area contributed by atoms with E-state index in [0.717, 1.165) is 12.1 Å². The van der Waals surface area contributed by atoms with E-state index in [4.69, 9.17) is 4.74 Å².